The Labute approximate surface area is 281 Å². The van der Waals surface area contributed by atoms with Crippen LogP contribution in [0.15, 0.2) is 100 Å². The maximum Gasteiger partial charge on any atom is 0.139 e. The Morgan fingerprint density at radius 2 is 1.49 bits per heavy atom. The number of furan rings is 1. The molecule has 0 aliphatic rings. The summed E-state index contributed by atoms with van der Waals surface area (Å²) in [5.74, 6) is 0. The molecule has 4 nitrogen and oxygen atoms in total. The first kappa shape index (κ1) is 34.1. The van der Waals surface area contributed by atoms with Gasteiger partial charge in [0, 0.05) is 53.7 Å². The van der Waals surface area contributed by atoms with E-state index >= 15 is 0 Å². The molecule has 0 aliphatic carbocycles. The van der Waals surface area contributed by atoms with Crippen LogP contribution >= 0.6 is 0 Å². The maximum absolute atomic E-state index is 6.36. The number of fused-ring (bicyclic) bond motifs is 6. The minimum absolute atomic E-state index is 0. The number of rotatable bonds is 5. The molecular formula is C40H43IrN3O-2. The van der Waals surface area contributed by atoms with Crippen molar-refractivity contribution in [2.75, 3.05) is 0 Å². The Morgan fingerprint density at radius 1 is 0.867 bits per heavy atom. The summed E-state index contributed by atoms with van der Waals surface area (Å²) in [5.41, 5.74) is 8.04. The Kier molecular flexibility index (Phi) is 10.7. The standard InChI is InChI=1S/C29H22NO.C11H21N2.Ir/c1-29(2,3)23-17-19(16-18-10-4-5-11-20(18)23)27-26-22-13-7-9-15-25(22)31-28(26)21-12-6-8-14-24(21)30-27;1-8(2)12-10(5)7-11(6)13-9(3)4;/h4-15,17H,1-3H3;7-9H,1-6H3;/q2*-1;/b;10-7-,13-11?;. The van der Waals surface area contributed by atoms with Gasteiger partial charge in [0.1, 0.15) is 11.2 Å². The van der Waals surface area contributed by atoms with Crippen LogP contribution < -0.4 is 0 Å². The van der Waals surface area contributed by atoms with Crippen LogP contribution in [0, 0.1) is 6.07 Å². The van der Waals surface area contributed by atoms with Gasteiger partial charge in [-0.25, -0.2) is 0 Å². The summed E-state index contributed by atoms with van der Waals surface area (Å²) >= 11 is 0. The van der Waals surface area contributed by atoms with E-state index in [9.17, 15) is 0 Å². The SMILES string of the molecule is CC(/C=C(/C)[N-]C(C)C)=NC(C)C.CC(C)(C)c1cc(-c2nc3ccccc3c3oc4ccccc4c23)[c-]c2ccccc12.[Ir]. The smallest absolute Gasteiger partial charge is 0.139 e. The number of para-hydroxylation sites is 2. The van der Waals surface area contributed by atoms with Crippen LogP contribution in [0.1, 0.15) is 67.9 Å². The topological polar surface area (TPSA) is 52.5 Å². The van der Waals surface area contributed by atoms with E-state index in [4.69, 9.17) is 9.40 Å². The average Bonchev–Trinajstić information content (AvgIpc) is 3.35. The summed E-state index contributed by atoms with van der Waals surface area (Å²) in [6, 6.07) is 31.6. The van der Waals surface area contributed by atoms with Crippen LogP contribution in [0.2, 0.25) is 0 Å². The summed E-state index contributed by atoms with van der Waals surface area (Å²) in [5, 5.41) is 9.94. The Morgan fingerprint density at radius 3 is 2.16 bits per heavy atom. The molecule has 0 aliphatic heterocycles. The van der Waals surface area contributed by atoms with Gasteiger partial charge in [-0.1, -0.05) is 107 Å². The van der Waals surface area contributed by atoms with Gasteiger partial charge in [0.15, 0.2) is 0 Å². The zero-order valence-corrected chi connectivity index (χ0v) is 30.2. The van der Waals surface area contributed by atoms with Gasteiger partial charge >= 0.3 is 0 Å². The van der Waals surface area contributed by atoms with Crippen LogP contribution in [0.5, 0.6) is 0 Å². The third-order valence-corrected chi connectivity index (χ3v) is 7.39. The minimum atomic E-state index is -0.00210. The number of hydrogen-bond donors (Lipinski definition) is 0. The van der Waals surface area contributed by atoms with Crippen molar-refractivity contribution in [1.82, 2.24) is 4.98 Å². The fourth-order valence-electron chi connectivity index (χ4n) is 5.77. The second kappa shape index (κ2) is 14.1. The van der Waals surface area contributed by atoms with E-state index in [1.165, 1.54) is 10.9 Å². The van der Waals surface area contributed by atoms with Gasteiger partial charge < -0.3 is 9.73 Å². The molecule has 2 heterocycles. The van der Waals surface area contributed by atoms with E-state index in [1.54, 1.807) is 0 Å². The first-order valence-electron chi connectivity index (χ1n) is 15.5. The van der Waals surface area contributed by atoms with Crippen molar-refractivity contribution in [1.29, 1.82) is 0 Å². The summed E-state index contributed by atoms with van der Waals surface area (Å²) in [6.07, 6.45) is 2.03. The Hall–Kier alpha value is -3.79. The second-order valence-corrected chi connectivity index (χ2v) is 13.0. The zero-order valence-electron chi connectivity index (χ0n) is 27.8. The summed E-state index contributed by atoms with van der Waals surface area (Å²) in [4.78, 5) is 9.54. The molecule has 2 aromatic heterocycles. The van der Waals surface area contributed by atoms with E-state index in [1.807, 2.05) is 44.2 Å². The van der Waals surface area contributed by atoms with Crippen molar-refractivity contribution in [3.63, 3.8) is 0 Å². The van der Waals surface area contributed by atoms with Crippen molar-refractivity contribution in [3.05, 3.63) is 108 Å². The molecule has 0 fully saturated rings. The molecule has 4 aromatic carbocycles. The van der Waals surface area contributed by atoms with Crippen molar-refractivity contribution >= 4 is 49.3 Å². The fourth-order valence-corrected chi connectivity index (χ4v) is 5.77. The Balaban J connectivity index is 0.000000283. The second-order valence-electron chi connectivity index (χ2n) is 13.0. The molecule has 6 rings (SSSR count). The van der Waals surface area contributed by atoms with Gasteiger partial charge in [0.25, 0.3) is 0 Å². The third kappa shape index (κ3) is 7.72. The van der Waals surface area contributed by atoms with Gasteiger partial charge in [0.2, 0.25) is 0 Å². The molecule has 45 heavy (non-hydrogen) atoms. The van der Waals surface area contributed by atoms with Crippen LogP contribution in [0.4, 0.5) is 0 Å². The average molecular weight is 774 g/mol. The van der Waals surface area contributed by atoms with Crippen LogP contribution in [-0.4, -0.2) is 22.8 Å². The molecule has 0 bridgehead atoms. The number of aliphatic imine (C=N–C) groups is 1. The number of pyridine rings is 1. The first-order chi connectivity index (χ1) is 20.9. The van der Waals surface area contributed by atoms with Gasteiger partial charge in [-0.2, -0.15) is 5.70 Å². The Bertz CT molecular complexity index is 2010. The molecule has 0 saturated carbocycles. The van der Waals surface area contributed by atoms with Crippen molar-refractivity contribution in [2.45, 2.75) is 79.8 Å². The van der Waals surface area contributed by atoms with Crippen LogP contribution in [-0.2, 0) is 25.5 Å². The van der Waals surface area contributed by atoms with Crippen molar-refractivity contribution in [3.8, 4) is 11.3 Å². The molecule has 6 aromatic rings. The summed E-state index contributed by atoms with van der Waals surface area (Å²) in [7, 11) is 0. The first-order valence-corrected chi connectivity index (χ1v) is 15.5. The minimum Gasteiger partial charge on any atom is -0.686 e. The van der Waals surface area contributed by atoms with E-state index in [0.29, 0.717) is 12.1 Å². The van der Waals surface area contributed by atoms with Gasteiger partial charge in [-0.05, 0) is 44.4 Å². The monoisotopic (exact) mass is 774 g/mol. The summed E-state index contributed by atoms with van der Waals surface area (Å²) in [6.45, 7) is 19.1. The predicted octanol–water partition coefficient (Wildman–Crippen LogP) is 11.6. The molecule has 0 saturated heterocycles. The van der Waals surface area contributed by atoms with E-state index < -0.39 is 0 Å². The number of nitrogens with zero attached hydrogens (tertiary/aromatic N) is 3. The predicted molar refractivity (Wildman–Crippen MR) is 190 cm³/mol. The molecular weight excluding hydrogens is 731 g/mol. The normalized spacial score (nSPS) is 12.6. The third-order valence-electron chi connectivity index (χ3n) is 7.39. The molecule has 5 heteroatoms. The number of allylic oxidation sites excluding steroid dienone is 2. The molecule has 0 spiro atoms. The fraction of sp³-hybridized carbons (Fsp3) is 0.300. The molecule has 0 N–H and O–H groups in total. The van der Waals surface area contributed by atoms with E-state index in [0.717, 1.165) is 60.9 Å². The van der Waals surface area contributed by atoms with Gasteiger partial charge in [-0.3, -0.25) is 9.98 Å². The van der Waals surface area contributed by atoms with Gasteiger partial charge in [0.05, 0.1) is 5.52 Å². The number of hydrogen-bond acceptors (Lipinski definition) is 3. The zero-order chi connectivity index (χ0) is 31.6. The van der Waals surface area contributed by atoms with Crippen LogP contribution in [0.3, 0.4) is 0 Å². The van der Waals surface area contributed by atoms with Crippen molar-refractivity contribution < 1.29 is 24.5 Å². The maximum atomic E-state index is 6.36. The van der Waals surface area contributed by atoms with Crippen molar-refractivity contribution in [2.24, 2.45) is 4.99 Å². The van der Waals surface area contributed by atoms with E-state index in [-0.39, 0.29) is 25.5 Å². The van der Waals surface area contributed by atoms with Crippen LogP contribution in [0.25, 0.3) is 60.2 Å². The quantitative estimate of drug-likeness (QED) is 0.129. The molecule has 0 atom stereocenters. The number of aromatic nitrogens is 1. The molecule has 1 radical (unpaired) electrons. The summed E-state index contributed by atoms with van der Waals surface area (Å²) < 4.78 is 6.36. The molecule has 0 unspecified atom stereocenters. The number of benzene rings is 4. The molecule has 0 amide bonds. The molecule has 235 valence electrons. The largest absolute Gasteiger partial charge is 0.686 e. The van der Waals surface area contributed by atoms with Gasteiger partial charge in [-0.15, -0.1) is 35.2 Å². The van der Waals surface area contributed by atoms with E-state index in [2.05, 4.69) is 119 Å².